The summed E-state index contributed by atoms with van der Waals surface area (Å²) < 4.78 is 0. The summed E-state index contributed by atoms with van der Waals surface area (Å²) in [7, 11) is 2.23. The number of rotatable bonds is 0. The van der Waals surface area contributed by atoms with Crippen LogP contribution in [-0.4, -0.2) is 25.0 Å². The van der Waals surface area contributed by atoms with Crippen molar-refractivity contribution in [2.45, 2.75) is 19.8 Å². The zero-order valence-corrected chi connectivity index (χ0v) is 8.01. The zero-order valence-electron chi connectivity index (χ0n) is 8.01. The number of hydrogen-bond donors (Lipinski definition) is 0. The van der Waals surface area contributed by atoms with Crippen LogP contribution in [-0.2, 0) is 0 Å². The first-order valence-electron chi connectivity index (χ1n) is 4.90. The van der Waals surface area contributed by atoms with Crippen molar-refractivity contribution in [3.63, 3.8) is 0 Å². The fraction of sp³-hybridized carbons (Fsp3) is 0.818. The van der Waals surface area contributed by atoms with Gasteiger partial charge in [0, 0.05) is 19.0 Å². The van der Waals surface area contributed by atoms with Crippen molar-refractivity contribution in [2.75, 3.05) is 20.1 Å². The predicted octanol–water partition coefficient (Wildman–Crippen LogP) is 1.60. The fourth-order valence-corrected chi connectivity index (χ4v) is 2.86. The van der Waals surface area contributed by atoms with Gasteiger partial charge >= 0.3 is 0 Å². The minimum Gasteiger partial charge on any atom is -0.306 e. The largest absolute Gasteiger partial charge is 0.306 e. The molecule has 12 heavy (non-hydrogen) atoms. The maximum Gasteiger partial charge on any atom is 0.0209 e. The van der Waals surface area contributed by atoms with Gasteiger partial charge in [0.25, 0.3) is 0 Å². The first kappa shape index (κ1) is 8.13. The molecule has 0 N–H and O–H groups in total. The Bertz CT molecular complexity index is 209. The monoisotopic (exact) mass is 163 g/mol. The Morgan fingerprint density at radius 2 is 1.75 bits per heavy atom. The molecule has 1 heteroatoms. The molecule has 2 unspecified atom stereocenters. The summed E-state index contributed by atoms with van der Waals surface area (Å²) in [5.74, 6) is 9.01. The molecule has 0 amide bonds. The summed E-state index contributed by atoms with van der Waals surface area (Å²) in [5, 5.41) is 0. The lowest BCUT2D eigenvalue weighted by atomic mass is 10.0. The third kappa shape index (κ3) is 1.36. The van der Waals surface area contributed by atoms with Crippen LogP contribution in [0.25, 0.3) is 0 Å². The first-order valence-corrected chi connectivity index (χ1v) is 4.90. The third-order valence-corrected chi connectivity index (χ3v) is 3.28. The molecule has 2 atom stereocenters. The molecule has 0 aromatic carbocycles. The zero-order chi connectivity index (χ0) is 8.55. The molecular formula is C11H17N. The van der Waals surface area contributed by atoms with Crippen molar-refractivity contribution < 1.29 is 0 Å². The highest BCUT2D eigenvalue weighted by molar-refractivity contribution is 5.07. The molecule has 0 aromatic rings. The van der Waals surface area contributed by atoms with Crippen molar-refractivity contribution in [3.05, 3.63) is 0 Å². The lowest BCUT2D eigenvalue weighted by Gasteiger charge is -2.09. The van der Waals surface area contributed by atoms with Crippen LogP contribution >= 0.6 is 0 Å². The van der Waals surface area contributed by atoms with Gasteiger partial charge in [-0.15, -0.1) is 11.8 Å². The van der Waals surface area contributed by atoms with E-state index in [2.05, 4.69) is 23.8 Å². The van der Waals surface area contributed by atoms with E-state index in [9.17, 15) is 0 Å². The molecule has 1 nitrogen and oxygen atoms in total. The van der Waals surface area contributed by atoms with Gasteiger partial charge < -0.3 is 4.90 Å². The van der Waals surface area contributed by atoms with Crippen LogP contribution in [0, 0.1) is 29.6 Å². The van der Waals surface area contributed by atoms with Crippen LogP contribution in [0.3, 0.4) is 0 Å². The van der Waals surface area contributed by atoms with E-state index in [1.54, 1.807) is 0 Å². The number of likely N-dealkylation sites (tertiary alicyclic amines) is 1. The highest BCUT2D eigenvalue weighted by atomic mass is 15.1. The summed E-state index contributed by atoms with van der Waals surface area (Å²) in [5.41, 5.74) is 0. The number of hydrogen-bond acceptors (Lipinski definition) is 1. The maximum absolute atomic E-state index is 3.32. The van der Waals surface area contributed by atoms with E-state index in [-0.39, 0.29) is 0 Å². The van der Waals surface area contributed by atoms with Crippen LogP contribution in [0.1, 0.15) is 19.8 Å². The van der Waals surface area contributed by atoms with Gasteiger partial charge in [0.2, 0.25) is 0 Å². The molecule has 2 aliphatic rings. The molecule has 2 fully saturated rings. The van der Waals surface area contributed by atoms with Crippen LogP contribution in [0.2, 0.25) is 0 Å². The van der Waals surface area contributed by atoms with Crippen molar-refractivity contribution in [1.29, 1.82) is 0 Å². The van der Waals surface area contributed by atoms with Gasteiger partial charge in [-0.3, -0.25) is 0 Å². The Morgan fingerprint density at radius 1 is 1.17 bits per heavy atom. The third-order valence-electron chi connectivity index (χ3n) is 3.28. The molecule has 0 aromatic heterocycles. The van der Waals surface area contributed by atoms with Crippen LogP contribution < -0.4 is 0 Å². The summed E-state index contributed by atoms with van der Waals surface area (Å²) in [6.45, 7) is 4.58. The summed E-state index contributed by atoms with van der Waals surface area (Å²) in [6.07, 6.45) is 2.71. The van der Waals surface area contributed by atoms with E-state index in [4.69, 9.17) is 0 Å². The van der Waals surface area contributed by atoms with Gasteiger partial charge in [-0.1, -0.05) is 0 Å². The van der Waals surface area contributed by atoms with Crippen LogP contribution in [0.15, 0.2) is 0 Å². The molecule has 1 saturated heterocycles. The van der Waals surface area contributed by atoms with E-state index in [1.807, 2.05) is 6.92 Å². The molecule has 1 aliphatic carbocycles. The Kier molecular flexibility index (Phi) is 2.11. The van der Waals surface area contributed by atoms with E-state index >= 15 is 0 Å². The second kappa shape index (κ2) is 3.11. The Labute approximate surface area is 75.1 Å². The van der Waals surface area contributed by atoms with Crippen molar-refractivity contribution in [3.8, 4) is 11.8 Å². The van der Waals surface area contributed by atoms with E-state index < -0.39 is 0 Å². The molecule has 2 rings (SSSR count). The second-order valence-corrected chi connectivity index (χ2v) is 4.30. The Hall–Kier alpha value is -0.480. The average molecular weight is 163 g/mol. The quantitative estimate of drug-likeness (QED) is 0.490. The highest BCUT2D eigenvalue weighted by Crippen LogP contribution is 2.40. The lowest BCUT2D eigenvalue weighted by Crippen LogP contribution is -2.16. The minimum absolute atomic E-state index is 0.721. The van der Waals surface area contributed by atoms with Crippen molar-refractivity contribution >= 4 is 0 Å². The SMILES string of the molecule is CC#CC1CC2CN(C)CC2C1. The summed E-state index contributed by atoms with van der Waals surface area (Å²) >= 11 is 0. The Balaban J connectivity index is 1.96. The predicted molar refractivity (Wildman–Crippen MR) is 50.7 cm³/mol. The van der Waals surface area contributed by atoms with Gasteiger partial charge in [-0.25, -0.2) is 0 Å². The molecule has 0 radical (unpaired) electrons. The molecular weight excluding hydrogens is 146 g/mol. The molecule has 0 bridgehead atoms. The molecule has 1 aliphatic heterocycles. The van der Waals surface area contributed by atoms with E-state index in [0.717, 1.165) is 17.8 Å². The highest BCUT2D eigenvalue weighted by Gasteiger charge is 2.38. The van der Waals surface area contributed by atoms with Crippen molar-refractivity contribution in [1.82, 2.24) is 4.90 Å². The molecule has 66 valence electrons. The maximum atomic E-state index is 3.32. The second-order valence-electron chi connectivity index (χ2n) is 4.30. The fourth-order valence-electron chi connectivity index (χ4n) is 2.86. The van der Waals surface area contributed by atoms with E-state index in [0.29, 0.717) is 0 Å². The lowest BCUT2D eigenvalue weighted by molar-refractivity contribution is 0.369. The summed E-state index contributed by atoms with van der Waals surface area (Å²) in [4.78, 5) is 2.46. The van der Waals surface area contributed by atoms with Gasteiger partial charge in [-0.2, -0.15) is 0 Å². The molecule has 1 heterocycles. The first-order chi connectivity index (χ1) is 5.79. The van der Waals surface area contributed by atoms with Crippen molar-refractivity contribution in [2.24, 2.45) is 17.8 Å². The van der Waals surface area contributed by atoms with Crippen LogP contribution in [0.4, 0.5) is 0 Å². The van der Waals surface area contributed by atoms with Gasteiger partial charge in [0.1, 0.15) is 0 Å². The Morgan fingerprint density at radius 3 is 2.25 bits per heavy atom. The van der Waals surface area contributed by atoms with Gasteiger partial charge in [0.15, 0.2) is 0 Å². The number of nitrogens with zero attached hydrogens (tertiary/aromatic N) is 1. The molecule has 1 saturated carbocycles. The van der Waals surface area contributed by atoms with Gasteiger partial charge in [0.05, 0.1) is 0 Å². The number of fused-ring (bicyclic) bond motifs is 1. The topological polar surface area (TPSA) is 3.24 Å². The van der Waals surface area contributed by atoms with Crippen LogP contribution in [0.5, 0.6) is 0 Å². The molecule has 0 spiro atoms. The minimum atomic E-state index is 0.721. The van der Waals surface area contributed by atoms with Gasteiger partial charge in [-0.05, 0) is 38.6 Å². The summed E-state index contributed by atoms with van der Waals surface area (Å²) in [6, 6.07) is 0. The average Bonchev–Trinajstić information content (AvgIpc) is 2.44. The normalized spacial score (nSPS) is 40.7. The standard InChI is InChI=1S/C11H17N/c1-3-4-9-5-10-7-12(2)8-11(10)6-9/h9-11H,5-8H2,1-2H3. The van der Waals surface area contributed by atoms with E-state index in [1.165, 1.54) is 25.9 Å². The smallest absolute Gasteiger partial charge is 0.0209 e.